The van der Waals surface area contributed by atoms with E-state index in [0.717, 1.165) is 0 Å². The molecule has 0 bridgehead atoms. The molecular weight excluding hydrogens is 224 g/mol. The van der Waals surface area contributed by atoms with Crippen molar-refractivity contribution < 1.29 is 9.90 Å². The minimum atomic E-state index is -0.591. The summed E-state index contributed by atoms with van der Waals surface area (Å²) in [5.74, 6) is 0.0874. The number of alkyl halides is 1. The molecule has 0 spiro atoms. The molecular formula is C7H13BrN2O2. The van der Waals surface area contributed by atoms with Crippen molar-refractivity contribution in [1.29, 1.82) is 0 Å². The lowest BCUT2D eigenvalue weighted by atomic mass is 10.3. The van der Waals surface area contributed by atoms with E-state index in [4.69, 9.17) is 5.73 Å². The number of hydrogen-bond donors (Lipinski definition) is 2. The number of halogens is 1. The van der Waals surface area contributed by atoms with Crippen LogP contribution in [0.15, 0.2) is 0 Å². The SMILES string of the molecule is NCC(O)CN1CC(Br)CC1=O. The fourth-order valence-corrected chi connectivity index (χ4v) is 1.86. The summed E-state index contributed by atoms with van der Waals surface area (Å²) in [5.41, 5.74) is 5.23. The lowest BCUT2D eigenvalue weighted by Crippen LogP contribution is -2.37. The first kappa shape index (κ1) is 9.95. The summed E-state index contributed by atoms with van der Waals surface area (Å²) in [5, 5.41) is 9.19. The van der Waals surface area contributed by atoms with Crippen LogP contribution in [0.5, 0.6) is 0 Å². The Bertz CT molecular complexity index is 177. The normalized spacial score (nSPS) is 26.4. The van der Waals surface area contributed by atoms with Crippen molar-refractivity contribution in [3.63, 3.8) is 0 Å². The number of carbonyl (C=O) groups excluding carboxylic acids is 1. The predicted molar refractivity (Wildman–Crippen MR) is 49.0 cm³/mol. The van der Waals surface area contributed by atoms with E-state index in [9.17, 15) is 9.90 Å². The molecule has 1 heterocycles. The van der Waals surface area contributed by atoms with Gasteiger partial charge in [-0.1, -0.05) is 15.9 Å². The first-order valence-electron chi connectivity index (χ1n) is 3.93. The Morgan fingerprint density at radius 3 is 2.92 bits per heavy atom. The highest BCUT2D eigenvalue weighted by molar-refractivity contribution is 9.09. The van der Waals surface area contributed by atoms with Crippen molar-refractivity contribution in [3.05, 3.63) is 0 Å². The van der Waals surface area contributed by atoms with Gasteiger partial charge in [-0.05, 0) is 0 Å². The van der Waals surface area contributed by atoms with Gasteiger partial charge in [0.1, 0.15) is 0 Å². The molecule has 0 aliphatic carbocycles. The number of nitrogens with zero attached hydrogens (tertiary/aromatic N) is 1. The second-order valence-electron chi connectivity index (χ2n) is 2.99. The number of aliphatic hydroxyl groups is 1. The van der Waals surface area contributed by atoms with Gasteiger partial charge in [0.05, 0.1) is 6.10 Å². The van der Waals surface area contributed by atoms with Crippen LogP contribution < -0.4 is 5.73 Å². The third-order valence-corrected chi connectivity index (χ3v) is 2.48. The van der Waals surface area contributed by atoms with Gasteiger partial charge in [0.2, 0.25) is 5.91 Å². The highest BCUT2D eigenvalue weighted by Gasteiger charge is 2.28. The van der Waals surface area contributed by atoms with E-state index in [-0.39, 0.29) is 17.3 Å². The second-order valence-corrected chi connectivity index (χ2v) is 4.28. The van der Waals surface area contributed by atoms with Gasteiger partial charge in [-0.3, -0.25) is 4.79 Å². The molecule has 2 unspecified atom stereocenters. The Kier molecular flexibility index (Phi) is 3.49. The maximum absolute atomic E-state index is 11.2. The van der Waals surface area contributed by atoms with E-state index in [0.29, 0.717) is 19.5 Å². The zero-order chi connectivity index (χ0) is 9.14. The highest BCUT2D eigenvalue weighted by Crippen LogP contribution is 2.17. The first-order chi connectivity index (χ1) is 5.63. The van der Waals surface area contributed by atoms with Gasteiger partial charge in [0.15, 0.2) is 0 Å². The molecule has 1 aliphatic heterocycles. The fraction of sp³-hybridized carbons (Fsp3) is 0.857. The predicted octanol–water partition coefficient (Wildman–Crippen LogP) is -0.698. The molecule has 70 valence electrons. The molecule has 0 aromatic carbocycles. The van der Waals surface area contributed by atoms with E-state index in [1.165, 1.54) is 0 Å². The van der Waals surface area contributed by atoms with E-state index < -0.39 is 6.10 Å². The molecule has 1 aliphatic rings. The van der Waals surface area contributed by atoms with Crippen LogP contribution in [-0.4, -0.2) is 46.5 Å². The average Bonchev–Trinajstić information content (AvgIpc) is 2.30. The Hall–Kier alpha value is -0.130. The molecule has 0 radical (unpaired) electrons. The topological polar surface area (TPSA) is 66.6 Å². The first-order valence-corrected chi connectivity index (χ1v) is 4.85. The van der Waals surface area contributed by atoms with Crippen LogP contribution in [0.1, 0.15) is 6.42 Å². The van der Waals surface area contributed by atoms with Crippen LogP contribution in [0.2, 0.25) is 0 Å². The number of rotatable bonds is 3. The summed E-state index contributed by atoms with van der Waals surface area (Å²) in [6.07, 6.45) is -0.0659. The molecule has 1 amide bonds. The Balaban J connectivity index is 2.37. The fourth-order valence-electron chi connectivity index (χ4n) is 1.23. The van der Waals surface area contributed by atoms with Crippen molar-refractivity contribution in [2.45, 2.75) is 17.4 Å². The van der Waals surface area contributed by atoms with Crippen LogP contribution >= 0.6 is 15.9 Å². The summed E-state index contributed by atoms with van der Waals surface area (Å²) in [6, 6.07) is 0. The van der Waals surface area contributed by atoms with E-state index in [2.05, 4.69) is 15.9 Å². The second kappa shape index (κ2) is 4.20. The Labute approximate surface area is 79.8 Å². The van der Waals surface area contributed by atoms with Gasteiger partial charge in [-0.2, -0.15) is 0 Å². The number of amides is 1. The number of carbonyl (C=O) groups is 1. The molecule has 1 saturated heterocycles. The number of hydrogen-bond acceptors (Lipinski definition) is 3. The van der Waals surface area contributed by atoms with Crippen molar-refractivity contribution in [3.8, 4) is 0 Å². The highest BCUT2D eigenvalue weighted by atomic mass is 79.9. The van der Waals surface area contributed by atoms with Gasteiger partial charge >= 0.3 is 0 Å². The molecule has 5 heteroatoms. The number of likely N-dealkylation sites (tertiary alicyclic amines) is 1. The smallest absolute Gasteiger partial charge is 0.223 e. The van der Waals surface area contributed by atoms with Crippen LogP contribution in [0.4, 0.5) is 0 Å². The van der Waals surface area contributed by atoms with Crippen molar-refractivity contribution in [1.82, 2.24) is 4.90 Å². The van der Waals surface area contributed by atoms with E-state index in [1.54, 1.807) is 4.90 Å². The summed E-state index contributed by atoms with van der Waals surface area (Å²) in [4.78, 5) is 13.0. The maximum atomic E-state index is 11.2. The van der Waals surface area contributed by atoms with Crippen molar-refractivity contribution in [2.75, 3.05) is 19.6 Å². The van der Waals surface area contributed by atoms with E-state index >= 15 is 0 Å². The van der Waals surface area contributed by atoms with Gasteiger partial charge in [0, 0.05) is 30.9 Å². The van der Waals surface area contributed by atoms with Crippen molar-refractivity contribution >= 4 is 21.8 Å². The zero-order valence-corrected chi connectivity index (χ0v) is 8.33. The molecule has 4 nitrogen and oxygen atoms in total. The molecule has 0 saturated carbocycles. The van der Waals surface area contributed by atoms with Crippen molar-refractivity contribution in [2.24, 2.45) is 5.73 Å². The molecule has 3 N–H and O–H groups in total. The standard InChI is InChI=1S/C7H13BrN2O2/c8-5-1-7(12)10(3-5)4-6(11)2-9/h5-6,11H,1-4,9H2. The van der Waals surface area contributed by atoms with Gasteiger partial charge in [-0.25, -0.2) is 0 Å². The third-order valence-electron chi connectivity index (χ3n) is 1.87. The molecule has 12 heavy (non-hydrogen) atoms. The maximum Gasteiger partial charge on any atom is 0.223 e. The molecule has 2 atom stereocenters. The Morgan fingerprint density at radius 1 is 1.83 bits per heavy atom. The van der Waals surface area contributed by atoms with Crippen LogP contribution in [-0.2, 0) is 4.79 Å². The number of aliphatic hydroxyl groups excluding tert-OH is 1. The summed E-state index contributed by atoms with van der Waals surface area (Å²) >= 11 is 3.36. The van der Waals surface area contributed by atoms with Gasteiger partial charge < -0.3 is 15.7 Å². The largest absolute Gasteiger partial charge is 0.390 e. The number of β-amino-alcohol motifs (C(OH)–C–C–N with tert-alkyl or cyclic N) is 1. The average molecular weight is 237 g/mol. The minimum absolute atomic E-state index is 0.0874. The number of nitrogens with two attached hydrogens (primary N) is 1. The zero-order valence-electron chi connectivity index (χ0n) is 6.74. The minimum Gasteiger partial charge on any atom is -0.390 e. The molecule has 0 aromatic heterocycles. The van der Waals surface area contributed by atoms with Gasteiger partial charge in [0.25, 0.3) is 0 Å². The lowest BCUT2D eigenvalue weighted by molar-refractivity contribution is -0.128. The summed E-state index contributed by atoms with van der Waals surface area (Å²) < 4.78 is 0. The molecule has 1 fully saturated rings. The monoisotopic (exact) mass is 236 g/mol. The lowest BCUT2D eigenvalue weighted by Gasteiger charge is -2.18. The summed E-state index contributed by atoms with van der Waals surface area (Å²) in [7, 11) is 0. The van der Waals surface area contributed by atoms with Crippen LogP contribution in [0.3, 0.4) is 0 Å². The summed E-state index contributed by atoms with van der Waals surface area (Å²) in [6.45, 7) is 1.24. The van der Waals surface area contributed by atoms with Crippen LogP contribution in [0, 0.1) is 0 Å². The van der Waals surface area contributed by atoms with Gasteiger partial charge in [-0.15, -0.1) is 0 Å². The Morgan fingerprint density at radius 2 is 2.50 bits per heavy atom. The quantitative estimate of drug-likeness (QED) is 0.638. The molecule has 0 aromatic rings. The molecule has 1 rings (SSSR count). The van der Waals surface area contributed by atoms with Crippen LogP contribution in [0.25, 0.3) is 0 Å². The third kappa shape index (κ3) is 2.43. The van der Waals surface area contributed by atoms with E-state index in [1.807, 2.05) is 0 Å².